The zero-order valence-electron chi connectivity index (χ0n) is 12.0. The van der Waals surface area contributed by atoms with Gasteiger partial charge in [-0.25, -0.2) is 0 Å². The number of fused-ring (bicyclic) bond motifs is 1. The number of hydrogen-bond acceptors (Lipinski definition) is 1. The van der Waals surface area contributed by atoms with Crippen molar-refractivity contribution in [2.45, 2.75) is 45.1 Å². The van der Waals surface area contributed by atoms with Crippen molar-refractivity contribution < 1.29 is 0 Å². The van der Waals surface area contributed by atoms with Crippen LogP contribution in [0.4, 0.5) is 0 Å². The van der Waals surface area contributed by atoms with Crippen LogP contribution in [0, 0.1) is 12.3 Å². The van der Waals surface area contributed by atoms with Gasteiger partial charge in [-0.2, -0.15) is 0 Å². The second-order valence-electron chi connectivity index (χ2n) is 5.96. The van der Waals surface area contributed by atoms with Crippen LogP contribution in [-0.4, -0.2) is 18.5 Å². The zero-order chi connectivity index (χ0) is 13.3. The van der Waals surface area contributed by atoms with Crippen LogP contribution < -0.4 is 0 Å². The molecule has 0 heterocycles. The monoisotopic (exact) mass is 241 g/mol. The average molecular weight is 241 g/mol. The first-order valence-corrected chi connectivity index (χ1v) is 6.81. The maximum absolute atomic E-state index is 5.53. The van der Waals surface area contributed by atoms with E-state index in [0.29, 0.717) is 6.04 Å². The topological polar surface area (TPSA) is 3.24 Å². The predicted octanol–water partition coefficient (Wildman–Crippen LogP) is 3.73. The fraction of sp³-hybridized carbons (Fsp3) is 0.529. The Bertz CT molecular complexity index is 479. The molecule has 1 atom stereocenters. The zero-order valence-corrected chi connectivity index (χ0v) is 12.0. The highest BCUT2D eigenvalue weighted by molar-refractivity contribution is 5.45. The van der Waals surface area contributed by atoms with Crippen LogP contribution in [0.15, 0.2) is 18.2 Å². The van der Waals surface area contributed by atoms with E-state index in [2.05, 4.69) is 56.8 Å². The molecule has 0 spiro atoms. The van der Waals surface area contributed by atoms with Crippen LogP contribution in [0.2, 0.25) is 0 Å². The van der Waals surface area contributed by atoms with Crippen molar-refractivity contribution in [1.82, 2.24) is 4.90 Å². The molecule has 0 saturated heterocycles. The van der Waals surface area contributed by atoms with E-state index in [1.165, 1.54) is 24.0 Å². The Kier molecular flexibility index (Phi) is 3.50. The maximum Gasteiger partial charge on any atom is 0.0348 e. The summed E-state index contributed by atoms with van der Waals surface area (Å²) < 4.78 is 0. The molecule has 0 bridgehead atoms. The minimum Gasteiger partial charge on any atom is -0.300 e. The lowest BCUT2D eigenvalue weighted by Gasteiger charge is -2.40. The van der Waals surface area contributed by atoms with Gasteiger partial charge < -0.3 is 0 Å². The van der Waals surface area contributed by atoms with E-state index in [0.717, 1.165) is 12.1 Å². The summed E-state index contributed by atoms with van der Waals surface area (Å²) in [5.74, 6) is 2.76. The molecule has 1 aliphatic carbocycles. The van der Waals surface area contributed by atoms with Crippen LogP contribution in [0.3, 0.4) is 0 Å². The Hall–Kier alpha value is -1.26. The minimum absolute atomic E-state index is 0.243. The molecule has 1 nitrogen and oxygen atoms in total. The van der Waals surface area contributed by atoms with Crippen LogP contribution in [0.1, 0.15) is 56.3 Å². The first kappa shape index (κ1) is 13.2. The molecule has 2 rings (SSSR count). The van der Waals surface area contributed by atoms with Gasteiger partial charge in [0.2, 0.25) is 0 Å². The first-order valence-electron chi connectivity index (χ1n) is 6.81. The molecule has 0 N–H and O–H groups in total. The van der Waals surface area contributed by atoms with Crippen molar-refractivity contribution in [3.05, 3.63) is 34.9 Å². The van der Waals surface area contributed by atoms with Crippen LogP contribution in [-0.2, 0) is 5.41 Å². The lowest BCUT2D eigenvalue weighted by Crippen LogP contribution is -2.33. The van der Waals surface area contributed by atoms with Crippen molar-refractivity contribution >= 4 is 0 Å². The number of nitrogens with zero attached hydrogens (tertiary/aromatic N) is 1. The van der Waals surface area contributed by atoms with E-state index >= 15 is 0 Å². The molecule has 1 unspecified atom stereocenters. The minimum atomic E-state index is 0.243. The molecular formula is C17H23N. The van der Waals surface area contributed by atoms with E-state index < -0.39 is 0 Å². The summed E-state index contributed by atoms with van der Waals surface area (Å²) >= 11 is 0. The third-order valence-electron chi connectivity index (χ3n) is 4.38. The average Bonchev–Trinajstić information content (AvgIpc) is 2.38. The lowest BCUT2D eigenvalue weighted by molar-refractivity contribution is 0.209. The van der Waals surface area contributed by atoms with Crippen molar-refractivity contribution in [2.24, 2.45) is 0 Å². The molecule has 0 aromatic heterocycles. The Morgan fingerprint density at radius 3 is 2.78 bits per heavy atom. The molecule has 1 aliphatic rings. The maximum atomic E-state index is 5.53. The van der Waals surface area contributed by atoms with E-state index in [1.807, 2.05) is 0 Å². The molecule has 18 heavy (non-hydrogen) atoms. The van der Waals surface area contributed by atoms with E-state index in [-0.39, 0.29) is 5.41 Å². The highest BCUT2D eigenvalue weighted by Crippen LogP contribution is 2.43. The molecule has 96 valence electrons. The number of hydrogen-bond donors (Lipinski definition) is 0. The predicted molar refractivity (Wildman–Crippen MR) is 77.7 cm³/mol. The Morgan fingerprint density at radius 2 is 2.17 bits per heavy atom. The second-order valence-corrected chi connectivity index (χ2v) is 5.96. The summed E-state index contributed by atoms with van der Waals surface area (Å²) in [5, 5.41) is 0. The van der Waals surface area contributed by atoms with Crippen molar-refractivity contribution in [3.8, 4) is 12.3 Å². The fourth-order valence-electron chi connectivity index (χ4n) is 2.99. The molecule has 0 amide bonds. The number of rotatable bonds is 2. The molecule has 1 aromatic rings. The summed E-state index contributed by atoms with van der Waals surface area (Å²) in [6.07, 6.45) is 7.99. The lowest BCUT2D eigenvalue weighted by atomic mass is 9.70. The summed E-state index contributed by atoms with van der Waals surface area (Å²) in [5.41, 5.74) is 4.15. The van der Waals surface area contributed by atoms with Gasteiger partial charge in [0.15, 0.2) is 0 Å². The van der Waals surface area contributed by atoms with Gasteiger partial charge in [-0.05, 0) is 55.1 Å². The van der Waals surface area contributed by atoms with Gasteiger partial charge >= 0.3 is 0 Å². The quantitative estimate of drug-likeness (QED) is 0.713. The van der Waals surface area contributed by atoms with Crippen molar-refractivity contribution in [3.63, 3.8) is 0 Å². The third-order valence-corrected chi connectivity index (χ3v) is 4.38. The normalized spacial score (nSPS) is 21.4. The van der Waals surface area contributed by atoms with E-state index in [4.69, 9.17) is 6.42 Å². The summed E-state index contributed by atoms with van der Waals surface area (Å²) in [4.78, 5) is 2.43. The SMILES string of the molecule is C#Cc1ccc2c(c1)C(C)(C)CCC2N(C)CC. The third kappa shape index (κ3) is 2.18. The number of benzene rings is 1. The first-order chi connectivity index (χ1) is 8.49. The standard InChI is InChI=1S/C17H23N/c1-6-13-8-9-14-15(12-13)17(3,4)11-10-16(14)18(5)7-2/h1,8-9,12,16H,7,10-11H2,2-5H3. The van der Waals surface area contributed by atoms with Gasteiger partial charge in [-0.1, -0.05) is 32.8 Å². The highest BCUT2D eigenvalue weighted by Gasteiger charge is 2.33. The largest absolute Gasteiger partial charge is 0.300 e. The van der Waals surface area contributed by atoms with E-state index in [1.54, 1.807) is 0 Å². The Morgan fingerprint density at radius 1 is 1.44 bits per heavy atom. The van der Waals surface area contributed by atoms with Gasteiger partial charge in [0.1, 0.15) is 0 Å². The molecule has 0 fully saturated rings. The Labute approximate surface area is 111 Å². The summed E-state index contributed by atoms with van der Waals surface area (Å²) in [6, 6.07) is 7.08. The van der Waals surface area contributed by atoms with Gasteiger partial charge in [-0.15, -0.1) is 6.42 Å². The van der Waals surface area contributed by atoms with Gasteiger partial charge in [-0.3, -0.25) is 4.90 Å². The molecule has 0 radical (unpaired) electrons. The Balaban J connectivity index is 2.52. The van der Waals surface area contributed by atoms with Crippen LogP contribution in [0.25, 0.3) is 0 Å². The highest BCUT2D eigenvalue weighted by atomic mass is 15.1. The molecule has 0 saturated carbocycles. The summed E-state index contributed by atoms with van der Waals surface area (Å²) in [7, 11) is 2.21. The number of terminal acetylenes is 1. The summed E-state index contributed by atoms with van der Waals surface area (Å²) in [6.45, 7) is 7.96. The van der Waals surface area contributed by atoms with Gasteiger partial charge in [0, 0.05) is 11.6 Å². The fourth-order valence-corrected chi connectivity index (χ4v) is 2.99. The smallest absolute Gasteiger partial charge is 0.0348 e. The molecule has 1 heteroatoms. The molecule has 1 aromatic carbocycles. The van der Waals surface area contributed by atoms with Gasteiger partial charge in [0.25, 0.3) is 0 Å². The van der Waals surface area contributed by atoms with Gasteiger partial charge in [0.05, 0.1) is 0 Å². The molecule has 0 aliphatic heterocycles. The van der Waals surface area contributed by atoms with Crippen LogP contribution in [0.5, 0.6) is 0 Å². The van der Waals surface area contributed by atoms with E-state index in [9.17, 15) is 0 Å². The van der Waals surface area contributed by atoms with Crippen molar-refractivity contribution in [1.29, 1.82) is 0 Å². The second kappa shape index (κ2) is 4.78. The van der Waals surface area contributed by atoms with Crippen LogP contribution >= 0.6 is 0 Å². The molecular weight excluding hydrogens is 218 g/mol. The van der Waals surface area contributed by atoms with Crippen molar-refractivity contribution in [2.75, 3.05) is 13.6 Å².